The van der Waals surface area contributed by atoms with Crippen molar-refractivity contribution in [1.82, 2.24) is 5.32 Å². The van der Waals surface area contributed by atoms with Gasteiger partial charge in [-0.3, -0.25) is 0 Å². The molecular formula is C18H39NO. The molecule has 0 saturated heterocycles. The van der Waals surface area contributed by atoms with Crippen molar-refractivity contribution in [2.24, 2.45) is 5.92 Å². The normalized spacial score (nSPS) is 14.7. The number of likely N-dealkylation sites (N-methyl/N-ethyl adjacent to an activating group) is 1. The van der Waals surface area contributed by atoms with Gasteiger partial charge in [0.25, 0.3) is 0 Å². The van der Waals surface area contributed by atoms with Gasteiger partial charge in [0.05, 0.1) is 6.10 Å². The van der Waals surface area contributed by atoms with Crippen LogP contribution >= 0.6 is 0 Å². The molecule has 0 rings (SSSR count). The fourth-order valence-corrected chi connectivity index (χ4v) is 2.94. The smallest absolute Gasteiger partial charge is 0.0750 e. The quantitative estimate of drug-likeness (QED) is 0.445. The zero-order chi connectivity index (χ0) is 15.2. The van der Waals surface area contributed by atoms with Crippen molar-refractivity contribution in [3.63, 3.8) is 0 Å². The Bertz CT molecular complexity index is 194. The Morgan fingerprint density at radius 1 is 0.850 bits per heavy atom. The summed E-state index contributed by atoms with van der Waals surface area (Å²) in [7, 11) is 2.07. The van der Waals surface area contributed by atoms with Crippen molar-refractivity contribution in [3.05, 3.63) is 0 Å². The first-order chi connectivity index (χ1) is 9.67. The minimum absolute atomic E-state index is 0.356. The second-order valence-corrected chi connectivity index (χ2v) is 6.32. The molecule has 1 N–H and O–H groups in total. The van der Waals surface area contributed by atoms with Gasteiger partial charge in [0.1, 0.15) is 0 Å². The topological polar surface area (TPSA) is 21.3 Å². The van der Waals surface area contributed by atoms with Gasteiger partial charge in [-0.1, -0.05) is 72.1 Å². The molecule has 20 heavy (non-hydrogen) atoms. The predicted molar refractivity (Wildman–Crippen MR) is 90.3 cm³/mol. The van der Waals surface area contributed by atoms with E-state index in [2.05, 4.69) is 40.1 Å². The van der Waals surface area contributed by atoms with Gasteiger partial charge in [-0.2, -0.15) is 0 Å². The lowest BCUT2D eigenvalue weighted by Crippen LogP contribution is -2.42. The van der Waals surface area contributed by atoms with E-state index in [1.165, 1.54) is 57.8 Å². The molecule has 0 saturated carbocycles. The SMILES string of the molecule is CCCCCCCCCCC(NC)C(OCC)C(C)C. The van der Waals surface area contributed by atoms with Crippen molar-refractivity contribution < 1.29 is 4.74 Å². The van der Waals surface area contributed by atoms with Gasteiger partial charge < -0.3 is 10.1 Å². The predicted octanol–water partition coefficient (Wildman–Crippen LogP) is 5.17. The van der Waals surface area contributed by atoms with Gasteiger partial charge in [-0.05, 0) is 26.3 Å². The molecule has 0 bridgehead atoms. The Morgan fingerprint density at radius 3 is 1.85 bits per heavy atom. The third kappa shape index (κ3) is 9.77. The van der Waals surface area contributed by atoms with E-state index in [9.17, 15) is 0 Å². The molecule has 0 spiro atoms. The molecule has 2 nitrogen and oxygen atoms in total. The minimum atomic E-state index is 0.356. The highest BCUT2D eigenvalue weighted by atomic mass is 16.5. The molecular weight excluding hydrogens is 246 g/mol. The Kier molecular flexibility index (Phi) is 13.8. The summed E-state index contributed by atoms with van der Waals surface area (Å²) in [5.74, 6) is 0.585. The lowest BCUT2D eigenvalue weighted by Gasteiger charge is -2.30. The van der Waals surface area contributed by atoms with Crippen LogP contribution in [-0.2, 0) is 4.74 Å². The molecule has 2 unspecified atom stereocenters. The summed E-state index contributed by atoms with van der Waals surface area (Å²) >= 11 is 0. The lowest BCUT2D eigenvalue weighted by atomic mass is 9.94. The number of hydrogen-bond donors (Lipinski definition) is 1. The van der Waals surface area contributed by atoms with Crippen molar-refractivity contribution in [1.29, 1.82) is 0 Å². The van der Waals surface area contributed by atoms with E-state index >= 15 is 0 Å². The average Bonchev–Trinajstić information content (AvgIpc) is 2.44. The van der Waals surface area contributed by atoms with Crippen LogP contribution in [0.25, 0.3) is 0 Å². The minimum Gasteiger partial charge on any atom is -0.377 e. The van der Waals surface area contributed by atoms with Crippen molar-refractivity contribution in [3.8, 4) is 0 Å². The molecule has 0 aromatic carbocycles. The van der Waals surface area contributed by atoms with Crippen LogP contribution in [0.5, 0.6) is 0 Å². The summed E-state index contributed by atoms with van der Waals surface area (Å²) in [5.41, 5.74) is 0. The monoisotopic (exact) mass is 285 g/mol. The lowest BCUT2D eigenvalue weighted by molar-refractivity contribution is 0.00271. The summed E-state index contributed by atoms with van der Waals surface area (Å²) < 4.78 is 5.92. The fourth-order valence-electron chi connectivity index (χ4n) is 2.94. The van der Waals surface area contributed by atoms with Crippen LogP contribution in [-0.4, -0.2) is 25.8 Å². The van der Waals surface area contributed by atoms with Crippen molar-refractivity contribution >= 4 is 0 Å². The molecule has 0 fully saturated rings. The van der Waals surface area contributed by atoms with Crippen LogP contribution in [0.15, 0.2) is 0 Å². The molecule has 0 aromatic heterocycles. The summed E-state index contributed by atoms with van der Waals surface area (Å²) in [6.45, 7) is 9.72. The van der Waals surface area contributed by atoms with E-state index in [4.69, 9.17) is 4.74 Å². The van der Waals surface area contributed by atoms with Gasteiger partial charge in [0.15, 0.2) is 0 Å². The molecule has 2 atom stereocenters. The van der Waals surface area contributed by atoms with Gasteiger partial charge in [-0.15, -0.1) is 0 Å². The van der Waals surface area contributed by atoms with E-state index in [0.717, 1.165) is 6.61 Å². The van der Waals surface area contributed by atoms with Crippen molar-refractivity contribution in [2.45, 2.75) is 97.6 Å². The van der Waals surface area contributed by atoms with Crippen LogP contribution < -0.4 is 5.32 Å². The van der Waals surface area contributed by atoms with Gasteiger partial charge in [0, 0.05) is 12.6 Å². The molecule has 0 amide bonds. The highest BCUT2D eigenvalue weighted by Crippen LogP contribution is 2.17. The summed E-state index contributed by atoms with van der Waals surface area (Å²) in [6.07, 6.45) is 12.7. The summed E-state index contributed by atoms with van der Waals surface area (Å²) in [5, 5.41) is 3.46. The molecule has 0 heterocycles. The van der Waals surface area contributed by atoms with Crippen LogP contribution in [0, 0.1) is 5.92 Å². The molecule has 0 aliphatic rings. The molecule has 122 valence electrons. The number of hydrogen-bond acceptors (Lipinski definition) is 2. The van der Waals surface area contributed by atoms with Gasteiger partial charge in [-0.25, -0.2) is 0 Å². The van der Waals surface area contributed by atoms with E-state index in [0.29, 0.717) is 18.1 Å². The molecule has 2 heteroatoms. The van der Waals surface area contributed by atoms with E-state index in [1.54, 1.807) is 0 Å². The van der Waals surface area contributed by atoms with Crippen LogP contribution in [0.4, 0.5) is 0 Å². The number of ether oxygens (including phenoxy) is 1. The summed E-state index contributed by atoms with van der Waals surface area (Å²) in [4.78, 5) is 0. The first-order valence-electron chi connectivity index (χ1n) is 8.96. The van der Waals surface area contributed by atoms with E-state index < -0.39 is 0 Å². The Balaban J connectivity index is 3.72. The van der Waals surface area contributed by atoms with E-state index in [-0.39, 0.29) is 0 Å². The van der Waals surface area contributed by atoms with Crippen LogP contribution in [0.3, 0.4) is 0 Å². The third-order valence-corrected chi connectivity index (χ3v) is 4.15. The zero-order valence-electron chi connectivity index (χ0n) is 14.7. The maximum absolute atomic E-state index is 5.92. The first kappa shape index (κ1) is 19.9. The Morgan fingerprint density at radius 2 is 1.40 bits per heavy atom. The highest BCUT2D eigenvalue weighted by Gasteiger charge is 2.22. The zero-order valence-corrected chi connectivity index (χ0v) is 14.7. The van der Waals surface area contributed by atoms with Crippen molar-refractivity contribution in [2.75, 3.05) is 13.7 Å². The molecule has 0 aliphatic heterocycles. The van der Waals surface area contributed by atoms with E-state index in [1.807, 2.05) is 0 Å². The third-order valence-electron chi connectivity index (χ3n) is 4.15. The number of rotatable bonds is 14. The molecule has 0 radical (unpaired) electrons. The van der Waals surface area contributed by atoms with Crippen LogP contribution in [0.2, 0.25) is 0 Å². The van der Waals surface area contributed by atoms with Gasteiger partial charge in [0.2, 0.25) is 0 Å². The summed E-state index contributed by atoms with van der Waals surface area (Å²) in [6, 6.07) is 0.509. The number of unbranched alkanes of at least 4 members (excludes halogenated alkanes) is 7. The number of nitrogens with one attached hydrogen (secondary N) is 1. The fraction of sp³-hybridized carbons (Fsp3) is 1.00. The first-order valence-corrected chi connectivity index (χ1v) is 8.96. The standard InChI is InChI=1S/C18H39NO/c1-6-8-9-10-11-12-13-14-15-17(19-5)18(16(3)4)20-7-2/h16-19H,6-15H2,1-5H3. The Hall–Kier alpha value is -0.0800. The maximum atomic E-state index is 5.92. The largest absolute Gasteiger partial charge is 0.377 e. The second-order valence-electron chi connectivity index (χ2n) is 6.32. The average molecular weight is 286 g/mol. The van der Waals surface area contributed by atoms with Crippen LogP contribution in [0.1, 0.15) is 85.5 Å². The van der Waals surface area contributed by atoms with Gasteiger partial charge >= 0.3 is 0 Å². The molecule has 0 aromatic rings. The highest BCUT2D eigenvalue weighted by molar-refractivity contribution is 4.78. The maximum Gasteiger partial charge on any atom is 0.0750 e. The molecule has 0 aliphatic carbocycles. The Labute approximate surface area is 128 Å². The second kappa shape index (κ2) is 13.9.